The molecule has 0 aliphatic heterocycles. The number of rotatable bonds is 7. The van der Waals surface area contributed by atoms with Crippen LogP contribution in [0.3, 0.4) is 0 Å². The normalized spacial score (nSPS) is 31.5. The molecule has 0 radical (unpaired) electrons. The van der Waals surface area contributed by atoms with Gasteiger partial charge in [-0.15, -0.1) is 0 Å². The first-order chi connectivity index (χ1) is 12.4. The van der Waals surface area contributed by atoms with Crippen LogP contribution in [0.2, 0.25) is 0 Å². The molecule has 0 amide bonds. The summed E-state index contributed by atoms with van der Waals surface area (Å²) in [6, 6.07) is 11.0. The summed E-state index contributed by atoms with van der Waals surface area (Å²) in [6.07, 6.45) is 24.2. The fourth-order valence-corrected chi connectivity index (χ4v) is 5.87. The van der Waals surface area contributed by atoms with Crippen molar-refractivity contribution in [1.82, 2.24) is 0 Å². The van der Waals surface area contributed by atoms with Crippen LogP contribution in [0.4, 0.5) is 0 Å². The van der Waals surface area contributed by atoms with Crippen LogP contribution < -0.4 is 0 Å². The van der Waals surface area contributed by atoms with Gasteiger partial charge < -0.3 is 0 Å². The van der Waals surface area contributed by atoms with Crippen molar-refractivity contribution in [3.8, 4) is 0 Å². The Bertz CT molecular complexity index is 575. The molecule has 0 bridgehead atoms. The predicted molar refractivity (Wildman–Crippen MR) is 107 cm³/mol. The third-order valence-corrected chi connectivity index (χ3v) is 7.22. The highest BCUT2D eigenvalue weighted by Gasteiger charge is 2.40. The summed E-state index contributed by atoms with van der Waals surface area (Å²) in [5.74, 6) is 4.60. The van der Waals surface area contributed by atoms with Gasteiger partial charge in [0.05, 0.1) is 0 Å². The van der Waals surface area contributed by atoms with Gasteiger partial charge in [-0.3, -0.25) is 0 Å². The van der Waals surface area contributed by atoms with Gasteiger partial charge in [-0.2, -0.15) is 0 Å². The number of allylic oxidation sites excluding steroid dienone is 4. The molecule has 4 unspecified atom stereocenters. The first-order valence-corrected chi connectivity index (χ1v) is 10.8. The highest BCUT2D eigenvalue weighted by Crippen LogP contribution is 2.49. The summed E-state index contributed by atoms with van der Waals surface area (Å²) in [4.78, 5) is 0. The van der Waals surface area contributed by atoms with Crippen molar-refractivity contribution < 1.29 is 0 Å². The minimum absolute atomic E-state index is 0.828. The SMILES string of the molecule is C1=CC2C(CCCc3ccccc3)CC(CCC3CCCC3)C2C=C1. The van der Waals surface area contributed by atoms with Crippen LogP contribution in [0.1, 0.15) is 63.4 Å². The number of hydrogen-bond acceptors (Lipinski definition) is 0. The fraction of sp³-hybridized carbons (Fsp3) is 0.600. The molecule has 134 valence electrons. The maximum atomic E-state index is 2.54. The lowest BCUT2D eigenvalue weighted by molar-refractivity contribution is 0.346. The lowest BCUT2D eigenvalue weighted by Gasteiger charge is -2.24. The van der Waals surface area contributed by atoms with Gasteiger partial charge in [0.25, 0.3) is 0 Å². The monoisotopic (exact) mass is 334 g/mol. The average Bonchev–Trinajstić information content (AvgIpc) is 3.29. The Hall–Kier alpha value is -1.30. The smallest absolute Gasteiger partial charge is 0.0136 e. The molecule has 0 aromatic heterocycles. The second-order valence-corrected chi connectivity index (χ2v) is 8.79. The molecule has 0 heteroatoms. The fourth-order valence-electron chi connectivity index (χ4n) is 5.87. The van der Waals surface area contributed by atoms with E-state index in [-0.39, 0.29) is 0 Å². The van der Waals surface area contributed by atoms with Gasteiger partial charge in [-0.1, -0.05) is 86.7 Å². The third kappa shape index (κ3) is 4.27. The Morgan fingerprint density at radius 1 is 0.760 bits per heavy atom. The predicted octanol–water partition coefficient (Wildman–Crippen LogP) is 6.97. The summed E-state index contributed by atoms with van der Waals surface area (Å²) in [5, 5.41) is 0. The molecule has 4 rings (SSSR count). The summed E-state index contributed by atoms with van der Waals surface area (Å²) < 4.78 is 0. The van der Waals surface area contributed by atoms with Crippen molar-refractivity contribution >= 4 is 0 Å². The topological polar surface area (TPSA) is 0 Å². The highest BCUT2D eigenvalue weighted by atomic mass is 14.4. The van der Waals surface area contributed by atoms with Crippen molar-refractivity contribution in [3.05, 3.63) is 60.2 Å². The van der Waals surface area contributed by atoms with Crippen LogP contribution in [-0.2, 0) is 6.42 Å². The van der Waals surface area contributed by atoms with E-state index in [1.165, 1.54) is 69.8 Å². The van der Waals surface area contributed by atoms with E-state index < -0.39 is 0 Å². The quantitative estimate of drug-likeness (QED) is 0.505. The number of aryl methyl sites for hydroxylation is 1. The standard InChI is InChI=1S/C25H34/c1-2-9-20(10-3-1)13-8-14-22-19-23(18-17-21-11-4-5-12-21)25-16-7-6-15-24(22)25/h1-3,6-7,9-10,15-16,21-25H,4-5,8,11-14,17-19H2. The molecule has 0 nitrogen and oxygen atoms in total. The van der Waals surface area contributed by atoms with Crippen LogP contribution in [0.25, 0.3) is 0 Å². The first kappa shape index (κ1) is 17.1. The van der Waals surface area contributed by atoms with E-state index in [0.29, 0.717) is 0 Å². The molecule has 2 saturated carbocycles. The van der Waals surface area contributed by atoms with Gasteiger partial charge in [-0.05, 0) is 67.3 Å². The molecular weight excluding hydrogens is 300 g/mol. The lowest BCUT2D eigenvalue weighted by atomic mass is 9.81. The Balaban J connectivity index is 1.30. The Kier molecular flexibility index (Phi) is 5.75. The van der Waals surface area contributed by atoms with E-state index in [2.05, 4.69) is 54.6 Å². The molecule has 3 aliphatic rings. The van der Waals surface area contributed by atoms with E-state index >= 15 is 0 Å². The molecule has 2 fully saturated rings. The molecule has 0 saturated heterocycles. The zero-order valence-electron chi connectivity index (χ0n) is 15.7. The van der Waals surface area contributed by atoms with E-state index in [4.69, 9.17) is 0 Å². The van der Waals surface area contributed by atoms with Gasteiger partial charge in [0.15, 0.2) is 0 Å². The molecule has 0 N–H and O–H groups in total. The van der Waals surface area contributed by atoms with Crippen molar-refractivity contribution in [1.29, 1.82) is 0 Å². The molecule has 25 heavy (non-hydrogen) atoms. The van der Waals surface area contributed by atoms with Crippen LogP contribution >= 0.6 is 0 Å². The molecule has 3 aliphatic carbocycles. The summed E-state index contributed by atoms with van der Waals surface area (Å²) in [7, 11) is 0. The minimum Gasteiger partial charge on any atom is -0.0806 e. The summed E-state index contributed by atoms with van der Waals surface area (Å²) in [5.41, 5.74) is 1.51. The molecule has 1 aromatic rings. The number of fused-ring (bicyclic) bond motifs is 1. The largest absolute Gasteiger partial charge is 0.0806 e. The minimum atomic E-state index is 0.828. The van der Waals surface area contributed by atoms with Gasteiger partial charge in [0.2, 0.25) is 0 Å². The van der Waals surface area contributed by atoms with E-state index in [9.17, 15) is 0 Å². The van der Waals surface area contributed by atoms with Crippen LogP contribution in [0.5, 0.6) is 0 Å². The number of hydrogen-bond donors (Lipinski definition) is 0. The van der Waals surface area contributed by atoms with Crippen LogP contribution in [0, 0.1) is 29.6 Å². The Morgan fingerprint density at radius 2 is 1.44 bits per heavy atom. The van der Waals surface area contributed by atoms with Gasteiger partial charge in [-0.25, -0.2) is 0 Å². The zero-order valence-corrected chi connectivity index (χ0v) is 15.7. The molecular formula is C25H34. The summed E-state index contributed by atoms with van der Waals surface area (Å²) in [6.45, 7) is 0. The lowest BCUT2D eigenvalue weighted by Crippen LogP contribution is -2.16. The first-order valence-electron chi connectivity index (χ1n) is 10.8. The van der Waals surface area contributed by atoms with Crippen LogP contribution in [0.15, 0.2) is 54.6 Å². The van der Waals surface area contributed by atoms with E-state index in [0.717, 1.165) is 29.6 Å². The Labute approximate surface area is 154 Å². The molecule has 0 heterocycles. The second kappa shape index (κ2) is 8.39. The number of benzene rings is 1. The van der Waals surface area contributed by atoms with Crippen molar-refractivity contribution in [2.24, 2.45) is 29.6 Å². The van der Waals surface area contributed by atoms with E-state index in [1.54, 1.807) is 0 Å². The molecule has 4 atom stereocenters. The van der Waals surface area contributed by atoms with Crippen molar-refractivity contribution in [3.63, 3.8) is 0 Å². The van der Waals surface area contributed by atoms with Crippen molar-refractivity contribution in [2.75, 3.05) is 0 Å². The summed E-state index contributed by atoms with van der Waals surface area (Å²) >= 11 is 0. The Morgan fingerprint density at radius 3 is 2.16 bits per heavy atom. The third-order valence-electron chi connectivity index (χ3n) is 7.22. The maximum Gasteiger partial charge on any atom is -0.0136 e. The van der Waals surface area contributed by atoms with Gasteiger partial charge >= 0.3 is 0 Å². The van der Waals surface area contributed by atoms with Crippen LogP contribution in [-0.4, -0.2) is 0 Å². The maximum absolute atomic E-state index is 2.54. The van der Waals surface area contributed by atoms with Crippen molar-refractivity contribution in [2.45, 2.75) is 64.2 Å². The highest BCUT2D eigenvalue weighted by molar-refractivity contribution is 5.19. The van der Waals surface area contributed by atoms with Gasteiger partial charge in [0.1, 0.15) is 0 Å². The zero-order chi connectivity index (χ0) is 16.9. The van der Waals surface area contributed by atoms with Gasteiger partial charge in [0, 0.05) is 0 Å². The molecule has 1 aromatic carbocycles. The van der Waals surface area contributed by atoms with E-state index in [1.807, 2.05) is 0 Å². The second-order valence-electron chi connectivity index (χ2n) is 8.79. The average molecular weight is 335 g/mol. The molecule has 0 spiro atoms.